The second-order valence-electron chi connectivity index (χ2n) is 7.74. The van der Waals surface area contributed by atoms with Gasteiger partial charge in [0.25, 0.3) is 5.91 Å². The molecule has 1 saturated heterocycles. The molecule has 0 saturated carbocycles. The molecule has 0 bridgehead atoms. The van der Waals surface area contributed by atoms with Gasteiger partial charge in [0.2, 0.25) is 5.95 Å². The lowest BCUT2D eigenvalue weighted by atomic mass is 9.78. The van der Waals surface area contributed by atoms with Crippen LogP contribution in [0.25, 0.3) is 11.3 Å². The number of hydrogen-bond acceptors (Lipinski definition) is 6. The molecule has 2 aliphatic rings. The van der Waals surface area contributed by atoms with Gasteiger partial charge in [-0.05, 0) is 30.5 Å². The minimum absolute atomic E-state index is 0.0505. The van der Waals surface area contributed by atoms with Crippen LogP contribution >= 0.6 is 11.6 Å². The molecule has 156 valence electrons. The summed E-state index contributed by atoms with van der Waals surface area (Å²) in [6.45, 7) is 5.67. The Labute approximate surface area is 173 Å². The SMILES string of the molecule is CC1(C)CNC(=O)c2c(F)cc(-c3nc(N)ncc3Cl)cc21.OC1CCCOC1. The Bertz CT molecular complexity index is 917. The third kappa shape index (κ3) is 4.83. The number of carbonyl (C=O) groups is 1. The summed E-state index contributed by atoms with van der Waals surface area (Å²) < 4.78 is 19.4. The van der Waals surface area contributed by atoms with Crippen molar-refractivity contribution in [2.24, 2.45) is 0 Å². The zero-order chi connectivity index (χ0) is 21.2. The van der Waals surface area contributed by atoms with Crippen molar-refractivity contribution in [1.82, 2.24) is 15.3 Å². The summed E-state index contributed by atoms with van der Waals surface area (Å²) in [4.78, 5) is 19.8. The van der Waals surface area contributed by atoms with Crippen LogP contribution < -0.4 is 11.1 Å². The summed E-state index contributed by atoms with van der Waals surface area (Å²) in [5.74, 6) is -0.966. The van der Waals surface area contributed by atoms with Crippen LogP contribution in [0.15, 0.2) is 18.3 Å². The highest BCUT2D eigenvalue weighted by molar-refractivity contribution is 6.32. The van der Waals surface area contributed by atoms with Crippen LogP contribution in [-0.2, 0) is 10.2 Å². The number of ether oxygens (including phenoxy) is 1. The van der Waals surface area contributed by atoms with Crippen molar-refractivity contribution >= 4 is 23.5 Å². The van der Waals surface area contributed by atoms with Gasteiger partial charge in [-0.25, -0.2) is 14.4 Å². The maximum atomic E-state index is 14.5. The molecule has 29 heavy (non-hydrogen) atoms. The Kier molecular flexibility index (Phi) is 6.36. The summed E-state index contributed by atoms with van der Waals surface area (Å²) in [5.41, 5.74) is 6.69. The number of nitrogens with one attached hydrogen (secondary N) is 1. The van der Waals surface area contributed by atoms with Crippen molar-refractivity contribution in [3.05, 3.63) is 40.3 Å². The molecule has 1 aromatic carbocycles. The van der Waals surface area contributed by atoms with Gasteiger partial charge in [0, 0.05) is 24.1 Å². The first kappa shape index (κ1) is 21.4. The van der Waals surface area contributed by atoms with Crippen LogP contribution in [-0.4, -0.2) is 46.8 Å². The number of halogens is 2. The molecular weight excluding hydrogens is 399 g/mol. The molecule has 0 radical (unpaired) electrons. The van der Waals surface area contributed by atoms with Gasteiger partial charge < -0.3 is 20.9 Å². The maximum Gasteiger partial charge on any atom is 0.254 e. The summed E-state index contributed by atoms with van der Waals surface area (Å²) in [6.07, 6.45) is 3.11. The van der Waals surface area contributed by atoms with Crippen LogP contribution in [0.3, 0.4) is 0 Å². The molecule has 2 aliphatic heterocycles. The van der Waals surface area contributed by atoms with Crippen LogP contribution in [0.2, 0.25) is 5.02 Å². The number of fused-ring (bicyclic) bond motifs is 1. The van der Waals surface area contributed by atoms with E-state index < -0.39 is 17.1 Å². The van der Waals surface area contributed by atoms with E-state index in [1.54, 1.807) is 6.07 Å². The van der Waals surface area contributed by atoms with E-state index in [9.17, 15) is 9.18 Å². The predicted molar refractivity (Wildman–Crippen MR) is 108 cm³/mol. The number of aliphatic hydroxyl groups is 1. The number of hydrogen-bond donors (Lipinski definition) is 3. The molecule has 9 heteroatoms. The monoisotopic (exact) mass is 422 g/mol. The average Bonchev–Trinajstić information content (AvgIpc) is 2.68. The zero-order valence-corrected chi connectivity index (χ0v) is 17.1. The van der Waals surface area contributed by atoms with Crippen molar-refractivity contribution in [2.75, 3.05) is 25.5 Å². The van der Waals surface area contributed by atoms with E-state index in [0.29, 0.717) is 30.0 Å². The van der Waals surface area contributed by atoms with Crippen molar-refractivity contribution in [2.45, 2.75) is 38.2 Å². The number of anilines is 1. The van der Waals surface area contributed by atoms with Gasteiger partial charge in [0.05, 0.1) is 35.2 Å². The minimum atomic E-state index is -0.606. The third-order valence-corrected chi connectivity index (χ3v) is 5.19. The quantitative estimate of drug-likeness (QED) is 0.651. The van der Waals surface area contributed by atoms with Gasteiger partial charge in [0.15, 0.2) is 0 Å². The van der Waals surface area contributed by atoms with E-state index in [1.807, 2.05) is 13.8 Å². The largest absolute Gasteiger partial charge is 0.391 e. The van der Waals surface area contributed by atoms with E-state index in [-0.39, 0.29) is 22.6 Å². The smallest absolute Gasteiger partial charge is 0.254 e. The minimum Gasteiger partial charge on any atom is -0.391 e. The fourth-order valence-electron chi connectivity index (χ4n) is 3.30. The Morgan fingerprint density at radius 2 is 2.17 bits per heavy atom. The third-order valence-electron chi connectivity index (χ3n) is 4.91. The van der Waals surface area contributed by atoms with Crippen molar-refractivity contribution < 1.29 is 19.0 Å². The second-order valence-corrected chi connectivity index (χ2v) is 8.15. The summed E-state index contributed by atoms with van der Waals surface area (Å²) >= 11 is 6.08. The fraction of sp³-hybridized carbons (Fsp3) is 0.450. The van der Waals surface area contributed by atoms with E-state index in [2.05, 4.69) is 15.3 Å². The molecule has 7 nitrogen and oxygen atoms in total. The Hall–Kier alpha value is -2.29. The van der Waals surface area contributed by atoms with Gasteiger partial charge in [-0.1, -0.05) is 25.4 Å². The van der Waals surface area contributed by atoms with Gasteiger partial charge in [-0.3, -0.25) is 4.79 Å². The molecule has 2 aromatic rings. The van der Waals surface area contributed by atoms with Crippen LogP contribution in [0.5, 0.6) is 0 Å². The lowest BCUT2D eigenvalue weighted by molar-refractivity contribution is -0.00535. The van der Waals surface area contributed by atoms with E-state index in [1.165, 1.54) is 12.3 Å². The van der Waals surface area contributed by atoms with Crippen molar-refractivity contribution in [3.8, 4) is 11.3 Å². The average molecular weight is 423 g/mol. The molecule has 0 spiro atoms. The van der Waals surface area contributed by atoms with Crippen LogP contribution in [0.1, 0.15) is 42.6 Å². The summed E-state index contributed by atoms with van der Waals surface area (Å²) in [7, 11) is 0. The number of nitrogens with two attached hydrogens (primary N) is 1. The number of benzene rings is 1. The number of carbonyl (C=O) groups excluding carboxylic acids is 1. The summed E-state index contributed by atoms with van der Waals surface area (Å²) in [6, 6.07) is 2.98. The van der Waals surface area contributed by atoms with E-state index in [4.69, 9.17) is 27.2 Å². The molecule has 3 heterocycles. The van der Waals surface area contributed by atoms with Gasteiger partial charge >= 0.3 is 0 Å². The number of nitrogen functional groups attached to an aromatic ring is 1. The molecule has 1 aromatic heterocycles. The highest BCUT2D eigenvalue weighted by Crippen LogP contribution is 2.36. The molecule has 4 rings (SSSR count). The predicted octanol–water partition coefficient (Wildman–Crippen LogP) is 2.70. The number of rotatable bonds is 1. The second kappa shape index (κ2) is 8.61. The lowest BCUT2D eigenvalue weighted by Crippen LogP contribution is -2.44. The van der Waals surface area contributed by atoms with E-state index >= 15 is 0 Å². The van der Waals surface area contributed by atoms with Crippen molar-refractivity contribution in [1.29, 1.82) is 0 Å². The van der Waals surface area contributed by atoms with Crippen molar-refractivity contribution in [3.63, 3.8) is 0 Å². The molecule has 1 unspecified atom stereocenters. The molecular formula is C20H24ClFN4O3. The van der Waals surface area contributed by atoms with Crippen LogP contribution in [0.4, 0.5) is 10.3 Å². The number of aliphatic hydroxyl groups excluding tert-OH is 1. The fourth-order valence-corrected chi connectivity index (χ4v) is 3.50. The Morgan fingerprint density at radius 1 is 1.41 bits per heavy atom. The van der Waals surface area contributed by atoms with Gasteiger partial charge in [-0.2, -0.15) is 0 Å². The van der Waals surface area contributed by atoms with Gasteiger partial charge in [-0.15, -0.1) is 0 Å². The lowest BCUT2D eigenvalue weighted by Gasteiger charge is -2.33. The molecule has 1 amide bonds. The number of nitrogens with zero attached hydrogens (tertiary/aromatic N) is 2. The number of aromatic nitrogens is 2. The highest BCUT2D eigenvalue weighted by atomic mass is 35.5. The topological polar surface area (TPSA) is 110 Å². The first-order valence-corrected chi connectivity index (χ1v) is 9.73. The molecule has 0 aliphatic carbocycles. The van der Waals surface area contributed by atoms with E-state index in [0.717, 1.165) is 19.4 Å². The molecule has 4 N–H and O–H groups in total. The van der Waals surface area contributed by atoms with Crippen LogP contribution in [0, 0.1) is 5.82 Å². The first-order valence-electron chi connectivity index (χ1n) is 9.35. The normalized spacial score (nSPS) is 20.2. The first-order chi connectivity index (χ1) is 13.7. The Morgan fingerprint density at radius 3 is 2.79 bits per heavy atom. The molecule has 1 atom stereocenters. The summed E-state index contributed by atoms with van der Waals surface area (Å²) in [5, 5.41) is 11.8. The standard InChI is InChI=1S/C15H14ClFN4O.C5H10O2/c1-15(2)6-20-13(22)11-8(15)3-7(4-10(11)17)12-9(16)5-19-14(18)21-12;6-5-2-1-3-7-4-5/h3-5H,6H2,1-2H3,(H,20,22)(H2,18,19,21);5-6H,1-4H2. The molecule has 1 fully saturated rings. The zero-order valence-electron chi connectivity index (χ0n) is 16.3. The maximum absolute atomic E-state index is 14.5. The highest BCUT2D eigenvalue weighted by Gasteiger charge is 2.34. The van der Waals surface area contributed by atoms with Gasteiger partial charge in [0.1, 0.15) is 5.82 Å². The number of amides is 1. The Balaban J connectivity index is 0.000000290.